The molecule has 0 aromatic rings. The third-order valence-electron chi connectivity index (χ3n) is 2.15. The highest BCUT2D eigenvalue weighted by Crippen LogP contribution is 2.01. The molecule has 98 valence electrons. The molecule has 0 aromatic carbocycles. The van der Waals surface area contributed by atoms with E-state index in [-0.39, 0.29) is 11.8 Å². The van der Waals surface area contributed by atoms with Gasteiger partial charge in [0.25, 0.3) is 0 Å². The summed E-state index contributed by atoms with van der Waals surface area (Å²) in [5, 5.41) is 0. The third-order valence-corrected chi connectivity index (χ3v) is 3.19. The summed E-state index contributed by atoms with van der Waals surface area (Å²) < 4.78 is 31.8. The van der Waals surface area contributed by atoms with Crippen LogP contribution in [0.3, 0.4) is 0 Å². The van der Waals surface area contributed by atoms with Gasteiger partial charge in [-0.2, -0.15) is 0 Å². The smallest absolute Gasteiger partial charge is 0.147 e. The topological polar surface area (TPSA) is 78.6 Å². The van der Waals surface area contributed by atoms with Crippen LogP contribution in [0.1, 0.15) is 19.3 Å². The second-order valence-electron chi connectivity index (χ2n) is 3.93. The Hall–Kier alpha value is -0.170. The van der Waals surface area contributed by atoms with Gasteiger partial charge >= 0.3 is 0 Å². The molecule has 5 nitrogen and oxygen atoms in total. The van der Waals surface area contributed by atoms with Gasteiger partial charge in [-0.05, 0) is 19.3 Å². The first-order chi connectivity index (χ1) is 7.45. The molecule has 0 spiro atoms. The van der Waals surface area contributed by atoms with Gasteiger partial charge in [0, 0.05) is 31.8 Å². The van der Waals surface area contributed by atoms with Gasteiger partial charge in [0.2, 0.25) is 0 Å². The lowest BCUT2D eigenvalue weighted by atomic mass is 10.1. The number of ether oxygens (including phenoxy) is 2. The van der Waals surface area contributed by atoms with E-state index in [1.807, 2.05) is 0 Å². The summed E-state index contributed by atoms with van der Waals surface area (Å²) in [5.74, 6) is 0.214. The molecule has 0 rings (SSSR count). The lowest BCUT2D eigenvalue weighted by molar-refractivity contribution is 0.0669. The maximum atomic E-state index is 10.9. The minimum Gasteiger partial charge on any atom is -0.382 e. The molecule has 0 fully saturated rings. The van der Waals surface area contributed by atoms with E-state index in [9.17, 15) is 8.42 Å². The predicted octanol–water partition coefficient (Wildman–Crippen LogP) is 0.192. The molecule has 0 radical (unpaired) electrons. The Morgan fingerprint density at radius 3 is 2.44 bits per heavy atom. The van der Waals surface area contributed by atoms with E-state index in [0.717, 1.165) is 12.8 Å². The zero-order chi connectivity index (χ0) is 12.4. The molecule has 6 heteroatoms. The molecule has 0 amide bonds. The molecule has 0 saturated carbocycles. The summed E-state index contributed by atoms with van der Waals surface area (Å²) in [5.41, 5.74) is 5.81. The highest BCUT2D eigenvalue weighted by Gasteiger charge is 2.06. The Morgan fingerprint density at radius 1 is 1.19 bits per heavy atom. The van der Waals surface area contributed by atoms with Crippen molar-refractivity contribution in [2.45, 2.75) is 25.3 Å². The van der Waals surface area contributed by atoms with E-state index in [1.165, 1.54) is 6.26 Å². The SMILES string of the molecule is COCCOCCC(N)CCCS(C)(=O)=O. The fraction of sp³-hybridized carbons (Fsp3) is 1.00. The van der Waals surface area contributed by atoms with Crippen molar-refractivity contribution in [3.63, 3.8) is 0 Å². The van der Waals surface area contributed by atoms with Crippen molar-refractivity contribution in [2.24, 2.45) is 5.73 Å². The lowest BCUT2D eigenvalue weighted by Crippen LogP contribution is -2.23. The number of rotatable bonds is 10. The van der Waals surface area contributed by atoms with Gasteiger partial charge in [-0.25, -0.2) is 8.42 Å². The molecule has 1 atom stereocenters. The van der Waals surface area contributed by atoms with Crippen LogP contribution in [0.5, 0.6) is 0 Å². The molecule has 1 unspecified atom stereocenters. The van der Waals surface area contributed by atoms with Crippen LogP contribution in [0.4, 0.5) is 0 Å². The van der Waals surface area contributed by atoms with E-state index in [1.54, 1.807) is 7.11 Å². The Kier molecular flexibility index (Phi) is 8.83. The van der Waals surface area contributed by atoms with Gasteiger partial charge in [-0.3, -0.25) is 0 Å². The van der Waals surface area contributed by atoms with Gasteiger partial charge in [0.05, 0.1) is 13.2 Å². The minimum absolute atomic E-state index is 0.0179. The van der Waals surface area contributed by atoms with E-state index >= 15 is 0 Å². The summed E-state index contributed by atoms with van der Waals surface area (Å²) >= 11 is 0. The van der Waals surface area contributed by atoms with Crippen LogP contribution in [-0.2, 0) is 19.3 Å². The van der Waals surface area contributed by atoms with E-state index in [0.29, 0.717) is 26.2 Å². The molecule has 2 N–H and O–H groups in total. The predicted molar refractivity (Wildman–Crippen MR) is 64.2 cm³/mol. The van der Waals surface area contributed by atoms with Crippen molar-refractivity contribution in [1.82, 2.24) is 0 Å². The molecule has 16 heavy (non-hydrogen) atoms. The first kappa shape index (κ1) is 15.8. The maximum Gasteiger partial charge on any atom is 0.147 e. The van der Waals surface area contributed by atoms with Crippen molar-refractivity contribution in [2.75, 3.05) is 38.9 Å². The molecule has 0 bridgehead atoms. The van der Waals surface area contributed by atoms with Gasteiger partial charge < -0.3 is 15.2 Å². The number of hydrogen-bond donors (Lipinski definition) is 1. The highest BCUT2D eigenvalue weighted by molar-refractivity contribution is 7.90. The summed E-state index contributed by atoms with van der Waals surface area (Å²) in [7, 11) is -1.23. The largest absolute Gasteiger partial charge is 0.382 e. The lowest BCUT2D eigenvalue weighted by Gasteiger charge is -2.11. The van der Waals surface area contributed by atoms with Crippen molar-refractivity contribution in [3.05, 3.63) is 0 Å². The van der Waals surface area contributed by atoms with Gasteiger partial charge in [0.15, 0.2) is 0 Å². The Balaban J connectivity index is 3.34. The summed E-state index contributed by atoms with van der Waals surface area (Å²) in [6, 6.07) is 0.0179. The molecule has 0 aliphatic heterocycles. The molecule has 0 aliphatic carbocycles. The standard InChI is InChI=1S/C10H23NO4S/c1-14-7-8-15-6-5-10(11)4-3-9-16(2,12)13/h10H,3-9,11H2,1-2H3. The van der Waals surface area contributed by atoms with Crippen LogP contribution >= 0.6 is 0 Å². The van der Waals surface area contributed by atoms with Gasteiger partial charge in [-0.1, -0.05) is 0 Å². The fourth-order valence-corrected chi connectivity index (χ4v) is 1.92. The Morgan fingerprint density at radius 2 is 1.88 bits per heavy atom. The Bertz CT molecular complexity index is 254. The first-order valence-electron chi connectivity index (χ1n) is 5.45. The molecule has 0 aromatic heterocycles. The summed E-state index contributed by atoms with van der Waals surface area (Å²) in [6.07, 6.45) is 3.35. The van der Waals surface area contributed by atoms with Crippen LogP contribution in [-0.4, -0.2) is 53.4 Å². The average molecular weight is 253 g/mol. The van der Waals surface area contributed by atoms with Crippen molar-refractivity contribution >= 4 is 9.84 Å². The molecular weight excluding hydrogens is 230 g/mol. The number of nitrogens with two attached hydrogens (primary N) is 1. The quantitative estimate of drug-likeness (QED) is 0.562. The fourth-order valence-electron chi connectivity index (χ4n) is 1.23. The average Bonchev–Trinajstić information content (AvgIpc) is 2.15. The highest BCUT2D eigenvalue weighted by atomic mass is 32.2. The van der Waals surface area contributed by atoms with Crippen molar-refractivity contribution in [3.8, 4) is 0 Å². The second kappa shape index (κ2) is 8.92. The Labute approximate surface area is 98.2 Å². The normalized spacial score (nSPS) is 13.9. The molecular formula is C10H23NO4S. The van der Waals surface area contributed by atoms with Crippen molar-refractivity contribution < 1.29 is 17.9 Å². The molecule has 0 saturated heterocycles. The van der Waals surface area contributed by atoms with Crippen LogP contribution in [0.15, 0.2) is 0 Å². The van der Waals surface area contributed by atoms with Crippen LogP contribution < -0.4 is 5.73 Å². The van der Waals surface area contributed by atoms with E-state index in [4.69, 9.17) is 15.2 Å². The second-order valence-corrected chi connectivity index (χ2v) is 6.19. The third kappa shape index (κ3) is 11.9. The minimum atomic E-state index is -2.86. The van der Waals surface area contributed by atoms with Gasteiger partial charge in [0.1, 0.15) is 9.84 Å². The molecule has 0 aliphatic rings. The zero-order valence-electron chi connectivity index (χ0n) is 10.1. The van der Waals surface area contributed by atoms with E-state index in [2.05, 4.69) is 0 Å². The summed E-state index contributed by atoms with van der Waals surface area (Å²) in [4.78, 5) is 0. The summed E-state index contributed by atoms with van der Waals surface area (Å²) in [6.45, 7) is 1.76. The number of hydrogen-bond acceptors (Lipinski definition) is 5. The van der Waals surface area contributed by atoms with Crippen molar-refractivity contribution in [1.29, 1.82) is 0 Å². The molecule has 0 heterocycles. The number of sulfone groups is 1. The number of methoxy groups -OCH3 is 1. The maximum absolute atomic E-state index is 10.9. The van der Waals surface area contributed by atoms with Crippen LogP contribution in [0.2, 0.25) is 0 Å². The van der Waals surface area contributed by atoms with Gasteiger partial charge in [-0.15, -0.1) is 0 Å². The van der Waals surface area contributed by atoms with Crippen LogP contribution in [0, 0.1) is 0 Å². The zero-order valence-corrected chi connectivity index (χ0v) is 11.0. The van der Waals surface area contributed by atoms with E-state index < -0.39 is 9.84 Å². The monoisotopic (exact) mass is 253 g/mol. The first-order valence-corrected chi connectivity index (χ1v) is 7.51. The van der Waals surface area contributed by atoms with Crippen LogP contribution in [0.25, 0.3) is 0 Å².